The van der Waals surface area contributed by atoms with Gasteiger partial charge in [0, 0.05) is 18.7 Å². The number of carbonyl (C=O) groups is 1. The first-order valence-electron chi connectivity index (χ1n) is 7.00. The lowest BCUT2D eigenvalue weighted by Gasteiger charge is -2.17. The summed E-state index contributed by atoms with van der Waals surface area (Å²) < 4.78 is 0. The highest BCUT2D eigenvalue weighted by molar-refractivity contribution is 5.90. The molecule has 0 heterocycles. The Balaban J connectivity index is 2.37. The average Bonchev–Trinajstić information content (AvgIpc) is 2.45. The normalized spacial score (nSPS) is 10.6. The molecule has 0 radical (unpaired) electrons. The zero-order valence-electron chi connectivity index (χ0n) is 12.4. The molecule has 7 heteroatoms. The molecule has 0 atom stereocenters. The smallest absolute Gasteiger partial charge is 0.319 e. The second-order valence-corrected chi connectivity index (χ2v) is 4.62. The zero-order valence-corrected chi connectivity index (χ0v) is 12.4. The zero-order chi connectivity index (χ0) is 15.8. The van der Waals surface area contributed by atoms with Crippen LogP contribution in [0, 0.1) is 0 Å². The number of phenols is 3. The topological polar surface area (TPSA) is 105 Å². The molecule has 0 aliphatic carbocycles. The summed E-state index contributed by atoms with van der Waals surface area (Å²) in [4.78, 5) is 13.9. The minimum Gasteiger partial charge on any atom is -0.504 e. The third kappa shape index (κ3) is 5.39. The first kappa shape index (κ1) is 16.9. The van der Waals surface area contributed by atoms with E-state index in [0.717, 1.165) is 38.2 Å². The van der Waals surface area contributed by atoms with E-state index in [2.05, 4.69) is 29.4 Å². The van der Waals surface area contributed by atoms with Crippen molar-refractivity contribution < 1.29 is 20.1 Å². The second-order valence-electron chi connectivity index (χ2n) is 4.62. The minimum atomic E-state index is -0.611. The lowest BCUT2D eigenvalue weighted by molar-refractivity contribution is 0.250. The summed E-state index contributed by atoms with van der Waals surface area (Å²) in [6, 6.07) is 1.88. The fourth-order valence-corrected chi connectivity index (χ4v) is 1.90. The van der Waals surface area contributed by atoms with Gasteiger partial charge in [-0.3, -0.25) is 0 Å². The molecule has 0 aliphatic heterocycles. The van der Waals surface area contributed by atoms with E-state index in [4.69, 9.17) is 0 Å². The van der Waals surface area contributed by atoms with Gasteiger partial charge in [0.25, 0.3) is 0 Å². The number of hydrogen-bond acceptors (Lipinski definition) is 5. The predicted octanol–water partition coefficient (Wildman–Crippen LogP) is 1.66. The lowest BCUT2D eigenvalue weighted by Crippen LogP contribution is -2.32. The number of nitrogens with zero attached hydrogens (tertiary/aromatic N) is 1. The van der Waals surface area contributed by atoms with Crippen LogP contribution in [-0.2, 0) is 0 Å². The number of phenolic OH excluding ortho intramolecular Hbond substituents is 3. The van der Waals surface area contributed by atoms with Crippen LogP contribution in [0.5, 0.6) is 17.2 Å². The molecular formula is C14H23N3O4. The van der Waals surface area contributed by atoms with E-state index in [1.807, 2.05) is 0 Å². The van der Waals surface area contributed by atoms with Crippen LogP contribution in [0.3, 0.4) is 0 Å². The molecule has 5 N–H and O–H groups in total. The molecular weight excluding hydrogens is 274 g/mol. The molecule has 0 aliphatic rings. The molecule has 0 unspecified atom stereocenters. The van der Waals surface area contributed by atoms with Crippen molar-refractivity contribution in [1.82, 2.24) is 10.2 Å². The summed E-state index contributed by atoms with van der Waals surface area (Å²) in [6.07, 6.45) is 0.835. The number of benzene rings is 1. The quantitative estimate of drug-likeness (QED) is 0.299. The molecule has 21 heavy (non-hydrogen) atoms. The molecule has 0 aromatic heterocycles. The first-order chi connectivity index (χ1) is 9.97. The van der Waals surface area contributed by atoms with Crippen molar-refractivity contribution in [3.8, 4) is 17.2 Å². The van der Waals surface area contributed by atoms with Gasteiger partial charge < -0.3 is 30.9 Å². The van der Waals surface area contributed by atoms with Crippen molar-refractivity contribution in [2.75, 3.05) is 31.5 Å². The summed E-state index contributed by atoms with van der Waals surface area (Å²) in [5.41, 5.74) is 0.198. The van der Waals surface area contributed by atoms with Gasteiger partial charge in [-0.2, -0.15) is 0 Å². The number of hydrogen-bond donors (Lipinski definition) is 5. The van der Waals surface area contributed by atoms with Gasteiger partial charge in [-0.1, -0.05) is 13.8 Å². The largest absolute Gasteiger partial charge is 0.504 e. The summed E-state index contributed by atoms with van der Waals surface area (Å²) in [6.45, 7) is 7.58. The molecule has 0 spiro atoms. The van der Waals surface area contributed by atoms with E-state index in [-0.39, 0.29) is 5.69 Å². The van der Waals surface area contributed by atoms with E-state index in [9.17, 15) is 20.1 Å². The van der Waals surface area contributed by atoms with E-state index < -0.39 is 23.3 Å². The molecule has 0 bridgehead atoms. The molecule has 2 amide bonds. The highest BCUT2D eigenvalue weighted by Gasteiger charge is 2.10. The van der Waals surface area contributed by atoms with E-state index in [1.54, 1.807) is 0 Å². The molecule has 1 aromatic carbocycles. The van der Waals surface area contributed by atoms with E-state index in [0.29, 0.717) is 6.54 Å². The maximum atomic E-state index is 11.6. The third-order valence-electron chi connectivity index (χ3n) is 3.16. The Morgan fingerprint density at radius 1 is 1.14 bits per heavy atom. The van der Waals surface area contributed by atoms with Crippen LogP contribution in [0.15, 0.2) is 12.1 Å². The molecule has 0 saturated carbocycles. The molecule has 118 valence electrons. The van der Waals surface area contributed by atoms with Gasteiger partial charge >= 0.3 is 6.03 Å². The van der Waals surface area contributed by atoms with Crippen molar-refractivity contribution in [1.29, 1.82) is 0 Å². The second kappa shape index (κ2) is 8.21. The highest BCUT2D eigenvalue weighted by Crippen LogP contribution is 2.37. The maximum Gasteiger partial charge on any atom is 0.319 e. The summed E-state index contributed by atoms with van der Waals surface area (Å²) >= 11 is 0. The van der Waals surface area contributed by atoms with Gasteiger partial charge in [-0.15, -0.1) is 0 Å². The molecule has 0 saturated heterocycles. The number of urea groups is 1. The van der Waals surface area contributed by atoms with E-state index in [1.165, 1.54) is 0 Å². The number of anilines is 1. The predicted molar refractivity (Wildman–Crippen MR) is 80.9 cm³/mol. The standard InChI is InChI=1S/C14H23N3O4/c1-3-17(4-2)7-5-6-15-14(21)16-10-8-11(18)13(20)12(19)9-10/h8-9,18-20H,3-7H2,1-2H3,(H2,15,16,21). The molecule has 7 nitrogen and oxygen atoms in total. The monoisotopic (exact) mass is 297 g/mol. The van der Waals surface area contributed by atoms with Crippen LogP contribution in [0.25, 0.3) is 0 Å². The summed E-state index contributed by atoms with van der Waals surface area (Å²) in [5.74, 6) is -1.60. The van der Waals surface area contributed by atoms with Gasteiger partial charge in [0.2, 0.25) is 0 Å². The number of rotatable bonds is 7. The SMILES string of the molecule is CCN(CC)CCCNC(=O)Nc1cc(O)c(O)c(O)c1. The Morgan fingerprint density at radius 3 is 2.24 bits per heavy atom. The minimum absolute atomic E-state index is 0.198. The van der Waals surface area contributed by atoms with Crippen LogP contribution < -0.4 is 10.6 Å². The van der Waals surface area contributed by atoms with Crippen LogP contribution in [-0.4, -0.2) is 52.4 Å². The number of nitrogens with one attached hydrogen (secondary N) is 2. The van der Waals surface area contributed by atoms with Gasteiger partial charge in [-0.25, -0.2) is 4.79 Å². The summed E-state index contributed by atoms with van der Waals surface area (Å²) in [5, 5.41) is 33.0. The fraction of sp³-hybridized carbons (Fsp3) is 0.500. The number of carbonyl (C=O) groups excluding carboxylic acids is 1. The third-order valence-corrected chi connectivity index (χ3v) is 3.16. The van der Waals surface area contributed by atoms with Gasteiger partial charge in [0.05, 0.1) is 5.69 Å². The fourth-order valence-electron chi connectivity index (χ4n) is 1.90. The number of aromatic hydroxyl groups is 3. The Kier molecular flexibility index (Phi) is 6.61. The van der Waals surface area contributed by atoms with Gasteiger partial charge in [-0.05, 0) is 26.1 Å². The summed E-state index contributed by atoms with van der Waals surface area (Å²) in [7, 11) is 0. The van der Waals surface area contributed by atoms with E-state index >= 15 is 0 Å². The first-order valence-corrected chi connectivity index (χ1v) is 7.00. The lowest BCUT2D eigenvalue weighted by atomic mass is 10.2. The van der Waals surface area contributed by atoms with Crippen molar-refractivity contribution in [2.45, 2.75) is 20.3 Å². The van der Waals surface area contributed by atoms with Crippen molar-refractivity contribution in [3.05, 3.63) is 12.1 Å². The van der Waals surface area contributed by atoms with Crippen LogP contribution >= 0.6 is 0 Å². The molecule has 1 rings (SSSR count). The van der Waals surface area contributed by atoms with Gasteiger partial charge in [0.1, 0.15) is 0 Å². The Labute approximate surface area is 124 Å². The number of amides is 2. The average molecular weight is 297 g/mol. The van der Waals surface area contributed by atoms with Crippen molar-refractivity contribution in [2.24, 2.45) is 0 Å². The molecule has 0 fully saturated rings. The van der Waals surface area contributed by atoms with Crippen molar-refractivity contribution >= 4 is 11.7 Å². The Bertz CT molecular complexity index is 452. The maximum absolute atomic E-state index is 11.6. The molecule has 1 aromatic rings. The highest BCUT2D eigenvalue weighted by atomic mass is 16.3. The van der Waals surface area contributed by atoms with Crippen molar-refractivity contribution in [3.63, 3.8) is 0 Å². The van der Waals surface area contributed by atoms with Crippen LogP contribution in [0.4, 0.5) is 10.5 Å². The Hall–Kier alpha value is -2.15. The van der Waals surface area contributed by atoms with Crippen LogP contribution in [0.1, 0.15) is 20.3 Å². The van der Waals surface area contributed by atoms with Crippen LogP contribution in [0.2, 0.25) is 0 Å². The van der Waals surface area contributed by atoms with Gasteiger partial charge in [0.15, 0.2) is 17.2 Å². The Morgan fingerprint density at radius 2 is 1.71 bits per heavy atom.